The van der Waals surface area contributed by atoms with Crippen LogP contribution in [0.5, 0.6) is 0 Å². The first-order chi connectivity index (χ1) is 15.0. The number of aromatic carboxylic acids is 1. The average molecular weight is 440 g/mol. The van der Waals surface area contributed by atoms with E-state index in [0.717, 1.165) is 42.4 Å². The smallest absolute Gasteiger partial charge is 0.346 e. The highest BCUT2D eigenvalue weighted by atomic mass is 32.1. The van der Waals surface area contributed by atoms with Crippen molar-refractivity contribution in [1.82, 2.24) is 4.90 Å². The van der Waals surface area contributed by atoms with E-state index in [2.05, 4.69) is 36.7 Å². The third-order valence-electron chi connectivity index (χ3n) is 7.67. The van der Waals surface area contributed by atoms with Crippen LogP contribution in [0, 0.1) is 29.6 Å². The van der Waals surface area contributed by atoms with E-state index in [9.17, 15) is 9.90 Å². The van der Waals surface area contributed by atoms with Crippen molar-refractivity contribution >= 4 is 22.9 Å². The lowest BCUT2D eigenvalue weighted by Crippen LogP contribution is -2.34. The topological polar surface area (TPSA) is 40.5 Å². The predicted molar refractivity (Wildman–Crippen MR) is 130 cm³/mol. The number of hydrogen-bond acceptors (Lipinski definition) is 3. The molecule has 2 fully saturated rings. The first-order valence-electron chi connectivity index (χ1n) is 12.4. The Morgan fingerprint density at radius 3 is 2.58 bits per heavy atom. The van der Waals surface area contributed by atoms with Crippen LogP contribution in [0.25, 0.3) is 5.57 Å². The molecule has 0 spiro atoms. The fraction of sp³-hybridized carbons (Fsp3) is 0.667. The predicted octanol–water partition coefficient (Wildman–Crippen LogP) is 6.68. The van der Waals surface area contributed by atoms with Crippen LogP contribution < -0.4 is 0 Å². The molecule has 0 amide bonds. The summed E-state index contributed by atoms with van der Waals surface area (Å²) in [5.41, 5.74) is 3.81. The minimum absolute atomic E-state index is 0.486. The summed E-state index contributed by atoms with van der Waals surface area (Å²) >= 11 is 1.38. The summed E-state index contributed by atoms with van der Waals surface area (Å²) in [7, 11) is 0. The first kappa shape index (κ1) is 22.6. The molecular weight excluding hydrogens is 402 g/mol. The first-order valence-corrected chi connectivity index (χ1v) is 13.2. The van der Waals surface area contributed by atoms with Crippen LogP contribution in [-0.4, -0.2) is 35.6 Å². The molecule has 1 N–H and O–H groups in total. The van der Waals surface area contributed by atoms with Crippen LogP contribution in [0.2, 0.25) is 0 Å². The van der Waals surface area contributed by atoms with Gasteiger partial charge < -0.3 is 5.11 Å². The third kappa shape index (κ3) is 5.44. The van der Waals surface area contributed by atoms with Gasteiger partial charge in [0.1, 0.15) is 4.88 Å². The Morgan fingerprint density at radius 2 is 1.90 bits per heavy atom. The third-order valence-corrected chi connectivity index (χ3v) is 8.71. The van der Waals surface area contributed by atoms with Gasteiger partial charge in [0, 0.05) is 24.6 Å². The fourth-order valence-electron chi connectivity index (χ4n) is 5.66. The zero-order chi connectivity index (χ0) is 21.8. The molecule has 4 heteroatoms. The molecule has 0 bridgehead atoms. The van der Waals surface area contributed by atoms with Crippen molar-refractivity contribution in [2.24, 2.45) is 17.8 Å². The molecule has 0 saturated heterocycles. The van der Waals surface area contributed by atoms with Gasteiger partial charge in [0.15, 0.2) is 0 Å². The Bertz CT molecular complexity index is 873. The molecule has 1 aliphatic heterocycles. The maximum atomic E-state index is 12.2. The van der Waals surface area contributed by atoms with E-state index >= 15 is 0 Å². The van der Waals surface area contributed by atoms with Crippen molar-refractivity contribution in [3.63, 3.8) is 0 Å². The van der Waals surface area contributed by atoms with Gasteiger partial charge in [0.2, 0.25) is 0 Å². The quantitative estimate of drug-likeness (QED) is 0.532. The van der Waals surface area contributed by atoms with Gasteiger partial charge in [0.25, 0.3) is 0 Å². The van der Waals surface area contributed by atoms with E-state index in [1.165, 1.54) is 80.3 Å². The van der Waals surface area contributed by atoms with E-state index < -0.39 is 5.97 Å². The number of likely N-dealkylation sites (N-methyl/N-ethyl adjacent to an activating group) is 1. The molecule has 1 aromatic heterocycles. The Labute approximate surface area is 191 Å². The highest BCUT2D eigenvalue weighted by Crippen LogP contribution is 2.42. The van der Waals surface area contributed by atoms with Crippen molar-refractivity contribution in [1.29, 1.82) is 0 Å². The Hall–Kier alpha value is -1.57. The van der Waals surface area contributed by atoms with E-state index in [1.54, 1.807) is 0 Å². The van der Waals surface area contributed by atoms with Gasteiger partial charge in [-0.3, -0.25) is 4.90 Å². The van der Waals surface area contributed by atoms with Gasteiger partial charge in [0.05, 0.1) is 4.88 Å². The molecule has 168 valence electrons. The summed E-state index contributed by atoms with van der Waals surface area (Å²) in [4.78, 5) is 16.1. The molecule has 2 saturated carbocycles. The molecule has 3 aliphatic rings. The summed E-state index contributed by atoms with van der Waals surface area (Å²) in [6, 6.07) is 2.10. The highest BCUT2D eigenvalue weighted by molar-refractivity contribution is 7.14. The average Bonchev–Trinajstić information content (AvgIpc) is 3.23. The van der Waals surface area contributed by atoms with E-state index in [1.807, 2.05) is 0 Å². The zero-order valence-corrected chi connectivity index (χ0v) is 20.0. The Balaban J connectivity index is 1.68. The largest absolute Gasteiger partial charge is 0.477 e. The number of rotatable bonds is 4. The molecule has 0 atom stereocenters. The van der Waals surface area contributed by atoms with Crippen LogP contribution in [-0.2, 0) is 0 Å². The standard InChI is InChI=1S/C27H37NO2S/c1-3-28-16-15-23(25(18-28)21-12-9-19(2)10-13-21)24-17-22(31-26(24)27(29)30)14-11-20-7-5-4-6-8-20/h17,19-21H,3-10,12-13,15-16,18H2,1-2H3,(H,29,30). The van der Waals surface area contributed by atoms with Crippen LogP contribution in [0.4, 0.5) is 0 Å². The lowest BCUT2D eigenvalue weighted by atomic mass is 9.75. The second-order valence-electron chi connectivity index (χ2n) is 9.84. The molecule has 0 radical (unpaired) electrons. The van der Waals surface area contributed by atoms with E-state index in [4.69, 9.17) is 0 Å². The molecule has 0 unspecified atom stereocenters. The Morgan fingerprint density at radius 1 is 1.16 bits per heavy atom. The zero-order valence-electron chi connectivity index (χ0n) is 19.2. The van der Waals surface area contributed by atoms with Crippen LogP contribution in [0.3, 0.4) is 0 Å². The molecule has 31 heavy (non-hydrogen) atoms. The molecule has 4 rings (SSSR count). The minimum atomic E-state index is -0.798. The summed E-state index contributed by atoms with van der Waals surface area (Å²) < 4.78 is 0. The normalized spacial score (nSPS) is 25.9. The lowest BCUT2D eigenvalue weighted by Gasteiger charge is -2.36. The number of carboxylic acids is 1. The van der Waals surface area contributed by atoms with Gasteiger partial charge in [-0.05, 0) is 67.7 Å². The van der Waals surface area contributed by atoms with Crippen molar-refractivity contribution in [2.75, 3.05) is 19.6 Å². The highest BCUT2D eigenvalue weighted by Gasteiger charge is 2.30. The number of nitrogens with zero attached hydrogens (tertiary/aromatic N) is 1. The second-order valence-corrected chi connectivity index (χ2v) is 10.9. The number of carboxylic acid groups (broad SMARTS) is 1. The van der Waals surface area contributed by atoms with E-state index in [-0.39, 0.29) is 0 Å². The number of thiophene rings is 1. The summed E-state index contributed by atoms with van der Waals surface area (Å²) in [5, 5.41) is 9.99. The minimum Gasteiger partial charge on any atom is -0.477 e. The molecule has 0 aromatic carbocycles. The van der Waals surface area contributed by atoms with Gasteiger partial charge >= 0.3 is 5.97 Å². The molecule has 1 aromatic rings. The molecule has 3 nitrogen and oxygen atoms in total. The summed E-state index contributed by atoms with van der Waals surface area (Å²) in [5.74, 6) is 7.94. The maximum Gasteiger partial charge on any atom is 0.346 e. The SMILES string of the molecule is CCN1CCC(c2cc(C#CC3CCCCC3)sc2C(=O)O)=C(C2CCC(C)CC2)C1. The lowest BCUT2D eigenvalue weighted by molar-refractivity contribution is 0.0702. The summed E-state index contributed by atoms with van der Waals surface area (Å²) in [6.45, 7) is 7.69. The summed E-state index contributed by atoms with van der Waals surface area (Å²) in [6.07, 6.45) is 12.3. The monoisotopic (exact) mass is 439 g/mol. The number of carbonyl (C=O) groups is 1. The van der Waals surface area contributed by atoms with Crippen LogP contribution in [0.15, 0.2) is 11.6 Å². The van der Waals surface area contributed by atoms with E-state index in [0.29, 0.717) is 16.7 Å². The van der Waals surface area contributed by atoms with Gasteiger partial charge in [-0.2, -0.15) is 0 Å². The van der Waals surface area contributed by atoms with Gasteiger partial charge in [-0.1, -0.05) is 57.8 Å². The molecule has 2 heterocycles. The Kier molecular flexibility index (Phi) is 7.56. The van der Waals surface area contributed by atoms with Crippen molar-refractivity contribution in [2.45, 2.75) is 78.1 Å². The van der Waals surface area contributed by atoms with Crippen molar-refractivity contribution in [3.8, 4) is 11.8 Å². The van der Waals surface area contributed by atoms with Crippen LogP contribution in [0.1, 0.15) is 98.2 Å². The van der Waals surface area contributed by atoms with Crippen molar-refractivity contribution < 1.29 is 9.90 Å². The maximum absolute atomic E-state index is 12.2. The fourth-order valence-corrected chi connectivity index (χ4v) is 6.55. The second kappa shape index (κ2) is 10.4. The van der Waals surface area contributed by atoms with Crippen LogP contribution >= 0.6 is 11.3 Å². The van der Waals surface area contributed by atoms with Crippen molar-refractivity contribution in [3.05, 3.63) is 27.0 Å². The molecular formula is C27H37NO2S. The van der Waals surface area contributed by atoms with Gasteiger partial charge in [-0.25, -0.2) is 4.79 Å². The molecule has 2 aliphatic carbocycles. The van der Waals surface area contributed by atoms with Gasteiger partial charge in [-0.15, -0.1) is 11.3 Å². The number of hydrogen-bond donors (Lipinski definition) is 1.